The van der Waals surface area contributed by atoms with E-state index in [-0.39, 0.29) is 6.61 Å². The number of para-hydroxylation sites is 2. The van der Waals surface area contributed by atoms with Crippen LogP contribution in [0.1, 0.15) is 12.6 Å². The van der Waals surface area contributed by atoms with Gasteiger partial charge >= 0.3 is 0 Å². The van der Waals surface area contributed by atoms with Crippen LogP contribution in [0, 0.1) is 0 Å². The molecule has 0 saturated carbocycles. The molecule has 0 saturated heterocycles. The van der Waals surface area contributed by atoms with E-state index in [4.69, 9.17) is 5.73 Å². The van der Waals surface area contributed by atoms with Gasteiger partial charge in [-0.3, -0.25) is 4.98 Å². The first-order valence-corrected chi connectivity index (χ1v) is 5.23. The van der Waals surface area contributed by atoms with Crippen molar-refractivity contribution in [2.75, 3.05) is 13.2 Å². The molecule has 4 nitrogen and oxygen atoms in total. The molecule has 3 N–H and O–H groups in total. The van der Waals surface area contributed by atoms with Gasteiger partial charge in [-0.1, -0.05) is 19.1 Å². The number of fused-ring (bicyclic) bond motifs is 1. The molecule has 84 valence electrons. The molecule has 1 aromatic heterocycles. The molecule has 16 heavy (non-hydrogen) atoms. The minimum atomic E-state index is -0.517. The molecule has 1 aromatic carbocycles. The Morgan fingerprint density at radius 1 is 1.31 bits per heavy atom. The van der Waals surface area contributed by atoms with Crippen LogP contribution in [0.2, 0.25) is 0 Å². The van der Waals surface area contributed by atoms with E-state index in [0.29, 0.717) is 6.54 Å². The molecule has 0 fully saturated rings. The van der Waals surface area contributed by atoms with Crippen molar-refractivity contribution < 1.29 is 5.11 Å². The zero-order chi connectivity index (χ0) is 11.6. The van der Waals surface area contributed by atoms with E-state index in [0.717, 1.165) is 16.7 Å². The van der Waals surface area contributed by atoms with E-state index in [2.05, 4.69) is 9.97 Å². The molecule has 0 spiro atoms. The zero-order valence-electron chi connectivity index (χ0n) is 9.22. The molecular weight excluding hydrogens is 202 g/mol. The second-order valence-corrected chi connectivity index (χ2v) is 4.17. The highest BCUT2D eigenvalue weighted by atomic mass is 16.3. The largest absolute Gasteiger partial charge is 0.395 e. The lowest BCUT2D eigenvalue weighted by Crippen LogP contribution is -2.36. The van der Waals surface area contributed by atoms with E-state index >= 15 is 0 Å². The summed E-state index contributed by atoms with van der Waals surface area (Å²) in [5.74, 6) is 0. The van der Waals surface area contributed by atoms with Crippen LogP contribution < -0.4 is 5.73 Å². The van der Waals surface area contributed by atoms with Crippen LogP contribution in [0.25, 0.3) is 11.0 Å². The van der Waals surface area contributed by atoms with E-state index in [1.54, 1.807) is 6.20 Å². The molecule has 0 radical (unpaired) electrons. The molecule has 2 aromatic rings. The summed E-state index contributed by atoms with van der Waals surface area (Å²) >= 11 is 0. The summed E-state index contributed by atoms with van der Waals surface area (Å²) in [4.78, 5) is 8.80. The molecular formula is C12H15N3O. The van der Waals surface area contributed by atoms with Crippen LogP contribution in [-0.2, 0) is 5.41 Å². The second-order valence-electron chi connectivity index (χ2n) is 4.17. The molecule has 0 aliphatic carbocycles. The third-order valence-electron chi connectivity index (χ3n) is 2.87. The van der Waals surface area contributed by atoms with Crippen LogP contribution in [0.4, 0.5) is 0 Å². The Morgan fingerprint density at radius 2 is 2.00 bits per heavy atom. The summed E-state index contributed by atoms with van der Waals surface area (Å²) in [6.07, 6.45) is 1.69. The van der Waals surface area contributed by atoms with Gasteiger partial charge in [0, 0.05) is 18.2 Å². The topological polar surface area (TPSA) is 72.0 Å². The summed E-state index contributed by atoms with van der Waals surface area (Å²) in [7, 11) is 0. The molecule has 1 heterocycles. The normalized spacial score (nSPS) is 14.9. The predicted octanol–water partition coefficient (Wildman–Crippen LogP) is 0.838. The molecule has 1 atom stereocenters. The smallest absolute Gasteiger partial charge is 0.0890 e. The minimum absolute atomic E-state index is 0.0312. The maximum absolute atomic E-state index is 9.36. The van der Waals surface area contributed by atoms with Gasteiger partial charge in [0.15, 0.2) is 0 Å². The van der Waals surface area contributed by atoms with Crippen molar-refractivity contribution in [2.24, 2.45) is 5.73 Å². The number of nitrogens with two attached hydrogens (primary N) is 1. The standard InChI is InChI=1S/C12H15N3O/c1-12(7-13,8-16)11-6-14-9-4-2-3-5-10(9)15-11/h2-6,16H,7-8,13H2,1H3. The van der Waals surface area contributed by atoms with Crippen molar-refractivity contribution in [1.29, 1.82) is 0 Å². The van der Waals surface area contributed by atoms with Gasteiger partial charge in [0.05, 0.1) is 23.3 Å². The lowest BCUT2D eigenvalue weighted by atomic mass is 9.88. The summed E-state index contributed by atoms with van der Waals surface area (Å²) in [6.45, 7) is 2.19. The van der Waals surface area contributed by atoms with Gasteiger partial charge < -0.3 is 10.8 Å². The Balaban J connectivity index is 2.54. The Morgan fingerprint density at radius 3 is 2.62 bits per heavy atom. The van der Waals surface area contributed by atoms with E-state index in [9.17, 15) is 5.11 Å². The first kappa shape index (κ1) is 11.0. The van der Waals surface area contributed by atoms with Crippen LogP contribution >= 0.6 is 0 Å². The molecule has 4 heteroatoms. The number of aliphatic hydroxyl groups excluding tert-OH is 1. The van der Waals surface area contributed by atoms with E-state index in [1.165, 1.54) is 0 Å². The average Bonchev–Trinajstić information content (AvgIpc) is 2.37. The van der Waals surface area contributed by atoms with Gasteiger partial charge in [-0.05, 0) is 12.1 Å². The maximum Gasteiger partial charge on any atom is 0.0890 e. The van der Waals surface area contributed by atoms with Gasteiger partial charge in [-0.25, -0.2) is 4.98 Å². The Bertz CT molecular complexity index is 494. The Labute approximate surface area is 94.1 Å². The number of benzene rings is 1. The molecule has 0 aliphatic rings. The van der Waals surface area contributed by atoms with Crippen molar-refractivity contribution in [3.05, 3.63) is 36.2 Å². The van der Waals surface area contributed by atoms with Gasteiger partial charge in [0.1, 0.15) is 0 Å². The number of hydrogen-bond acceptors (Lipinski definition) is 4. The predicted molar refractivity (Wildman–Crippen MR) is 63.0 cm³/mol. The molecule has 0 amide bonds. The number of nitrogens with zero attached hydrogens (tertiary/aromatic N) is 2. The monoisotopic (exact) mass is 217 g/mol. The first-order chi connectivity index (χ1) is 7.69. The molecule has 0 bridgehead atoms. The van der Waals surface area contributed by atoms with E-state index < -0.39 is 5.41 Å². The highest BCUT2D eigenvalue weighted by Gasteiger charge is 2.26. The SMILES string of the molecule is CC(CN)(CO)c1cnc2ccccc2n1. The van der Waals surface area contributed by atoms with Crippen LogP contribution in [0.15, 0.2) is 30.5 Å². The summed E-state index contributed by atoms with van der Waals surface area (Å²) in [5.41, 5.74) is 7.56. The van der Waals surface area contributed by atoms with Crippen molar-refractivity contribution in [1.82, 2.24) is 9.97 Å². The van der Waals surface area contributed by atoms with Crippen molar-refractivity contribution >= 4 is 11.0 Å². The number of rotatable bonds is 3. The lowest BCUT2D eigenvalue weighted by molar-refractivity contribution is 0.207. The lowest BCUT2D eigenvalue weighted by Gasteiger charge is -2.24. The van der Waals surface area contributed by atoms with Gasteiger partial charge in [0.2, 0.25) is 0 Å². The molecule has 2 rings (SSSR count). The fourth-order valence-electron chi connectivity index (χ4n) is 1.50. The van der Waals surface area contributed by atoms with Gasteiger partial charge in [-0.15, -0.1) is 0 Å². The average molecular weight is 217 g/mol. The van der Waals surface area contributed by atoms with Crippen molar-refractivity contribution in [3.8, 4) is 0 Å². The Hall–Kier alpha value is -1.52. The highest BCUT2D eigenvalue weighted by Crippen LogP contribution is 2.21. The quantitative estimate of drug-likeness (QED) is 0.799. The minimum Gasteiger partial charge on any atom is -0.395 e. The summed E-state index contributed by atoms with van der Waals surface area (Å²) < 4.78 is 0. The van der Waals surface area contributed by atoms with Crippen molar-refractivity contribution in [2.45, 2.75) is 12.3 Å². The van der Waals surface area contributed by atoms with Gasteiger partial charge in [-0.2, -0.15) is 0 Å². The van der Waals surface area contributed by atoms with Crippen molar-refractivity contribution in [3.63, 3.8) is 0 Å². The fraction of sp³-hybridized carbons (Fsp3) is 0.333. The van der Waals surface area contributed by atoms with Crippen LogP contribution in [0.5, 0.6) is 0 Å². The zero-order valence-corrected chi connectivity index (χ0v) is 9.22. The fourth-order valence-corrected chi connectivity index (χ4v) is 1.50. The highest BCUT2D eigenvalue weighted by molar-refractivity contribution is 5.73. The van der Waals surface area contributed by atoms with Crippen LogP contribution in [-0.4, -0.2) is 28.2 Å². The van der Waals surface area contributed by atoms with Gasteiger partial charge in [0.25, 0.3) is 0 Å². The van der Waals surface area contributed by atoms with E-state index in [1.807, 2.05) is 31.2 Å². The number of aliphatic hydroxyl groups is 1. The first-order valence-electron chi connectivity index (χ1n) is 5.23. The number of hydrogen-bond donors (Lipinski definition) is 2. The third-order valence-corrected chi connectivity index (χ3v) is 2.87. The Kier molecular flexibility index (Phi) is 2.85. The summed E-state index contributed by atoms with van der Waals surface area (Å²) in [6, 6.07) is 7.65. The summed E-state index contributed by atoms with van der Waals surface area (Å²) in [5, 5.41) is 9.36. The number of aromatic nitrogens is 2. The molecule has 0 aliphatic heterocycles. The third kappa shape index (κ3) is 1.77. The second kappa shape index (κ2) is 4.15. The van der Waals surface area contributed by atoms with Crippen LogP contribution in [0.3, 0.4) is 0 Å². The maximum atomic E-state index is 9.36. The molecule has 1 unspecified atom stereocenters.